The lowest BCUT2D eigenvalue weighted by Gasteiger charge is -2.12. The first-order valence-corrected chi connectivity index (χ1v) is 8.42. The SMILES string of the molecule is O=C(Nc1c(Cl)cccc1Cl)c1c[nH]c(=O)n(CC2CCCO2)c1=O. The molecule has 1 aromatic heterocycles. The molecule has 0 radical (unpaired) electrons. The smallest absolute Gasteiger partial charge is 0.328 e. The summed E-state index contributed by atoms with van der Waals surface area (Å²) in [5, 5.41) is 2.99. The van der Waals surface area contributed by atoms with E-state index in [1.807, 2.05) is 0 Å². The molecular weight excluding hydrogens is 369 g/mol. The van der Waals surface area contributed by atoms with E-state index >= 15 is 0 Å². The predicted octanol–water partition coefficient (Wildman–Crippen LogP) is 2.27. The normalized spacial score (nSPS) is 16.8. The minimum atomic E-state index is -0.711. The number of benzene rings is 1. The van der Waals surface area contributed by atoms with Crippen LogP contribution in [0.15, 0.2) is 34.0 Å². The number of ether oxygens (including phenoxy) is 1. The number of aromatic amines is 1. The van der Waals surface area contributed by atoms with Gasteiger partial charge in [0.1, 0.15) is 5.56 Å². The van der Waals surface area contributed by atoms with Crippen molar-refractivity contribution in [3.63, 3.8) is 0 Å². The van der Waals surface area contributed by atoms with Crippen molar-refractivity contribution < 1.29 is 9.53 Å². The molecule has 0 saturated carbocycles. The Hall–Kier alpha value is -2.09. The van der Waals surface area contributed by atoms with Crippen LogP contribution in [0.2, 0.25) is 10.0 Å². The van der Waals surface area contributed by atoms with Crippen LogP contribution >= 0.6 is 23.2 Å². The third-order valence-corrected chi connectivity index (χ3v) is 4.55. The van der Waals surface area contributed by atoms with Gasteiger partial charge in [-0.15, -0.1) is 0 Å². The summed E-state index contributed by atoms with van der Waals surface area (Å²) in [7, 11) is 0. The summed E-state index contributed by atoms with van der Waals surface area (Å²) >= 11 is 12.0. The van der Waals surface area contributed by atoms with Crippen molar-refractivity contribution in [2.45, 2.75) is 25.5 Å². The molecule has 1 aromatic carbocycles. The number of nitrogens with one attached hydrogen (secondary N) is 2. The van der Waals surface area contributed by atoms with Crippen molar-refractivity contribution >= 4 is 34.8 Å². The molecule has 7 nitrogen and oxygen atoms in total. The van der Waals surface area contributed by atoms with E-state index in [-0.39, 0.29) is 33.9 Å². The van der Waals surface area contributed by atoms with Crippen molar-refractivity contribution in [1.29, 1.82) is 0 Å². The van der Waals surface area contributed by atoms with E-state index < -0.39 is 17.2 Å². The Kier molecular flexibility index (Phi) is 5.27. The lowest BCUT2D eigenvalue weighted by molar-refractivity contribution is 0.0941. The molecule has 1 atom stereocenters. The van der Waals surface area contributed by atoms with Crippen LogP contribution in [-0.2, 0) is 11.3 Å². The summed E-state index contributed by atoms with van der Waals surface area (Å²) in [5.41, 5.74) is -1.30. The summed E-state index contributed by atoms with van der Waals surface area (Å²) < 4.78 is 6.42. The first-order valence-electron chi connectivity index (χ1n) is 7.67. The third-order valence-electron chi connectivity index (χ3n) is 3.92. The minimum Gasteiger partial charge on any atom is -0.376 e. The van der Waals surface area contributed by atoms with Crippen LogP contribution in [0.3, 0.4) is 0 Å². The van der Waals surface area contributed by atoms with Gasteiger partial charge in [0, 0.05) is 12.8 Å². The van der Waals surface area contributed by atoms with Crippen molar-refractivity contribution in [2.24, 2.45) is 0 Å². The van der Waals surface area contributed by atoms with Crippen molar-refractivity contribution in [3.8, 4) is 0 Å². The van der Waals surface area contributed by atoms with Crippen LogP contribution in [0.5, 0.6) is 0 Å². The van der Waals surface area contributed by atoms with E-state index in [2.05, 4.69) is 10.3 Å². The molecule has 1 amide bonds. The first kappa shape index (κ1) is 17.7. The van der Waals surface area contributed by atoms with E-state index in [9.17, 15) is 14.4 Å². The van der Waals surface area contributed by atoms with Crippen LogP contribution < -0.4 is 16.6 Å². The maximum atomic E-state index is 12.5. The van der Waals surface area contributed by atoms with Gasteiger partial charge >= 0.3 is 5.69 Å². The maximum Gasteiger partial charge on any atom is 0.328 e. The zero-order valence-corrected chi connectivity index (χ0v) is 14.6. The molecular formula is C16H15Cl2N3O4. The molecule has 2 N–H and O–H groups in total. The molecule has 0 spiro atoms. The number of hydrogen-bond donors (Lipinski definition) is 2. The van der Waals surface area contributed by atoms with Gasteiger partial charge < -0.3 is 15.0 Å². The topological polar surface area (TPSA) is 93.2 Å². The van der Waals surface area contributed by atoms with Gasteiger partial charge in [0.05, 0.1) is 28.4 Å². The average Bonchev–Trinajstić information content (AvgIpc) is 3.08. The number of halogens is 2. The number of carbonyl (C=O) groups is 1. The molecule has 0 bridgehead atoms. The second kappa shape index (κ2) is 7.43. The van der Waals surface area contributed by atoms with Crippen molar-refractivity contribution in [1.82, 2.24) is 9.55 Å². The molecule has 1 unspecified atom stereocenters. The maximum absolute atomic E-state index is 12.5. The van der Waals surface area contributed by atoms with Gasteiger partial charge in [-0.05, 0) is 25.0 Å². The first-order chi connectivity index (χ1) is 12.0. The lowest BCUT2D eigenvalue weighted by Crippen LogP contribution is -2.41. The Morgan fingerprint density at radius 2 is 2.04 bits per heavy atom. The van der Waals surface area contributed by atoms with Crippen LogP contribution in [0.25, 0.3) is 0 Å². The number of H-pyrrole nitrogens is 1. The van der Waals surface area contributed by atoms with Crippen LogP contribution in [0.4, 0.5) is 5.69 Å². The highest BCUT2D eigenvalue weighted by Crippen LogP contribution is 2.29. The third kappa shape index (κ3) is 3.78. The largest absolute Gasteiger partial charge is 0.376 e. The fraction of sp³-hybridized carbons (Fsp3) is 0.312. The van der Waals surface area contributed by atoms with Gasteiger partial charge in [0.2, 0.25) is 0 Å². The Morgan fingerprint density at radius 3 is 2.68 bits per heavy atom. The summed E-state index contributed by atoms with van der Waals surface area (Å²) in [5.74, 6) is -0.711. The minimum absolute atomic E-state index is 0.0993. The van der Waals surface area contributed by atoms with Gasteiger partial charge in [-0.1, -0.05) is 29.3 Å². The highest BCUT2D eigenvalue weighted by molar-refractivity contribution is 6.40. The second-order valence-corrected chi connectivity index (χ2v) is 6.42. The number of carbonyl (C=O) groups excluding carboxylic acids is 1. The molecule has 3 rings (SSSR count). The van der Waals surface area contributed by atoms with Gasteiger partial charge in [-0.25, -0.2) is 4.79 Å². The molecule has 9 heteroatoms. The number of rotatable bonds is 4. The molecule has 132 valence electrons. The van der Waals surface area contributed by atoms with Gasteiger partial charge in [0.25, 0.3) is 11.5 Å². The number of nitrogens with zero attached hydrogens (tertiary/aromatic N) is 1. The number of anilines is 1. The molecule has 1 fully saturated rings. The Labute approximate surface area is 152 Å². The molecule has 1 aliphatic heterocycles. The van der Waals surface area contributed by atoms with E-state index in [1.165, 1.54) is 0 Å². The van der Waals surface area contributed by atoms with Crippen molar-refractivity contribution in [3.05, 3.63) is 60.8 Å². The summed E-state index contributed by atoms with van der Waals surface area (Å²) in [6, 6.07) is 4.76. The van der Waals surface area contributed by atoms with Gasteiger partial charge in [0.15, 0.2) is 0 Å². The number of hydrogen-bond acceptors (Lipinski definition) is 4. The molecule has 1 aliphatic rings. The van der Waals surface area contributed by atoms with Gasteiger partial charge in [-0.3, -0.25) is 14.2 Å². The number of aromatic nitrogens is 2. The average molecular weight is 384 g/mol. The van der Waals surface area contributed by atoms with Crippen LogP contribution in [0.1, 0.15) is 23.2 Å². The Bertz CT molecular complexity index is 896. The van der Waals surface area contributed by atoms with Crippen LogP contribution in [-0.4, -0.2) is 28.2 Å². The zero-order chi connectivity index (χ0) is 18.0. The van der Waals surface area contributed by atoms with Crippen molar-refractivity contribution in [2.75, 3.05) is 11.9 Å². The highest BCUT2D eigenvalue weighted by Gasteiger charge is 2.21. The number of para-hydroxylation sites is 1. The standard InChI is InChI=1S/C16H15Cl2N3O4/c17-11-4-1-5-12(18)13(11)20-14(22)10-7-19-16(24)21(15(10)23)8-9-3-2-6-25-9/h1,4-5,7,9H,2-3,6,8H2,(H,19,24)(H,20,22). The molecule has 0 aliphatic carbocycles. The molecule has 2 heterocycles. The van der Waals surface area contributed by atoms with E-state index in [1.54, 1.807) is 18.2 Å². The predicted molar refractivity (Wildman–Crippen MR) is 94.7 cm³/mol. The quantitative estimate of drug-likeness (QED) is 0.846. The highest BCUT2D eigenvalue weighted by atomic mass is 35.5. The zero-order valence-electron chi connectivity index (χ0n) is 13.1. The molecule has 1 saturated heterocycles. The monoisotopic (exact) mass is 383 g/mol. The summed E-state index contributed by atoms with van der Waals surface area (Å²) in [6.07, 6.45) is 2.51. The van der Waals surface area contributed by atoms with E-state index in [0.717, 1.165) is 23.6 Å². The fourth-order valence-corrected chi connectivity index (χ4v) is 3.12. The summed E-state index contributed by atoms with van der Waals surface area (Å²) in [4.78, 5) is 39.3. The second-order valence-electron chi connectivity index (χ2n) is 5.61. The van der Waals surface area contributed by atoms with E-state index in [0.29, 0.717) is 6.61 Å². The molecule has 2 aromatic rings. The summed E-state index contributed by atoms with van der Waals surface area (Å²) in [6.45, 7) is 0.699. The van der Waals surface area contributed by atoms with Gasteiger partial charge in [-0.2, -0.15) is 0 Å². The lowest BCUT2D eigenvalue weighted by atomic mass is 10.2. The Morgan fingerprint density at radius 1 is 1.32 bits per heavy atom. The van der Waals surface area contributed by atoms with E-state index in [4.69, 9.17) is 27.9 Å². The Balaban J connectivity index is 1.90. The number of amides is 1. The van der Waals surface area contributed by atoms with Crippen LogP contribution in [0, 0.1) is 0 Å². The molecule has 25 heavy (non-hydrogen) atoms. The fourth-order valence-electron chi connectivity index (χ4n) is 2.63.